The summed E-state index contributed by atoms with van der Waals surface area (Å²) in [5.41, 5.74) is -0.143. The molecule has 0 fully saturated rings. The Morgan fingerprint density at radius 1 is 1.47 bits per heavy atom. The van der Waals surface area contributed by atoms with E-state index in [1.54, 1.807) is 26.8 Å². The molecule has 0 aliphatic rings. The predicted octanol–water partition coefficient (Wildman–Crippen LogP) is 0.439. The molecule has 1 rings (SSSR count). The maximum atomic E-state index is 11.5. The highest BCUT2D eigenvalue weighted by atomic mass is 35.5. The largest absolute Gasteiger partial charge is 0.508 e. The Morgan fingerprint density at radius 2 is 2.11 bits per heavy atom. The van der Waals surface area contributed by atoms with Gasteiger partial charge in [0.1, 0.15) is 10.8 Å². The summed E-state index contributed by atoms with van der Waals surface area (Å²) in [5, 5.41) is 21.0. The van der Waals surface area contributed by atoms with Crippen molar-refractivity contribution in [1.29, 1.82) is 0 Å². The van der Waals surface area contributed by atoms with Crippen molar-refractivity contribution < 1.29 is 19.6 Å². The van der Waals surface area contributed by atoms with Crippen LogP contribution in [0.4, 0.5) is 4.79 Å². The minimum absolute atomic E-state index is 0.00330. The van der Waals surface area contributed by atoms with Crippen LogP contribution < -0.4 is 10.9 Å². The molecule has 0 radical (unpaired) electrons. The zero-order valence-corrected chi connectivity index (χ0v) is 11.7. The van der Waals surface area contributed by atoms with Gasteiger partial charge in [-0.1, -0.05) is 17.7 Å². The number of pyridine rings is 1. The lowest BCUT2D eigenvalue weighted by atomic mass is 9.82. The average molecular weight is 287 g/mol. The van der Waals surface area contributed by atoms with E-state index < -0.39 is 18.8 Å². The molecule has 0 bridgehead atoms. The number of nitrogens with zero attached hydrogens (tertiary/aromatic N) is 1. The Balaban J connectivity index is 2.70. The lowest BCUT2D eigenvalue weighted by molar-refractivity contribution is 0.0523. The number of rotatable bonds is 3. The second-order valence-electron chi connectivity index (χ2n) is 4.91. The highest BCUT2D eigenvalue weighted by Gasteiger charge is 2.20. The Morgan fingerprint density at radius 3 is 2.63 bits per heavy atom. The molecule has 0 spiro atoms. The van der Waals surface area contributed by atoms with Crippen molar-refractivity contribution >= 4 is 30.4 Å². The molecule has 8 heteroatoms. The molecule has 104 valence electrons. The van der Waals surface area contributed by atoms with Crippen LogP contribution in [0.1, 0.15) is 26.3 Å². The Hall–Kier alpha value is -1.31. The first-order chi connectivity index (χ1) is 8.69. The van der Waals surface area contributed by atoms with Crippen molar-refractivity contribution in [1.82, 2.24) is 10.3 Å². The predicted molar refractivity (Wildman–Crippen MR) is 72.1 cm³/mol. The van der Waals surface area contributed by atoms with E-state index in [0.29, 0.717) is 5.56 Å². The third-order valence-electron chi connectivity index (χ3n) is 2.04. The van der Waals surface area contributed by atoms with Crippen LogP contribution in [0.5, 0.6) is 0 Å². The number of aromatic nitrogens is 1. The van der Waals surface area contributed by atoms with Crippen LogP contribution in [-0.2, 0) is 11.3 Å². The minimum Gasteiger partial charge on any atom is -0.444 e. The number of hydrogen-bond donors (Lipinski definition) is 3. The summed E-state index contributed by atoms with van der Waals surface area (Å²) in [7, 11) is -1.76. The number of nitrogens with one attached hydrogen (secondary N) is 1. The molecular weight excluding hydrogens is 270 g/mol. The maximum Gasteiger partial charge on any atom is 0.508 e. The number of carbonyl (C=O) groups is 1. The Labute approximate surface area is 116 Å². The third kappa shape index (κ3) is 5.46. The summed E-state index contributed by atoms with van der Waals surface area (Å²) < 4.78 is 5.06. The number of halogens is 1. The van der Waals surface area contributed by atoms with Crippen molar-refractivity contribution in [3.63, 3.8) is 0 Å². The molecule has 0 aromatic carbocycles. The number of carbonyl (C=O) groups excluding carboxylic acids is 1. The molecule has 1 aromatic heterocycles. The second-order valence-corrected chi connectivity index (χ2v) is 5.29. The van der Waals surface area contributed by atoms with Crippen molar-refractivity contribution in [2.45, 2.75) is 32.9 Å². The summed E-state index contributed by atoms with van der Waals surface area (Å²) in [6, 6.07) is 3.06. The molecule has 0 aliphatic carbocycles. The lowest BCUT2D eigenvalue weighted by Gasteiger charge is -2.20. The first kappa shape index (κ1) is 15.8. The van der Waals surface area contributed by atoms with Gasteiger partial charge >= 0.3 is 13.2 Å². The van der Waals surface area contributed by atoms with Gasteiger partial charge in [0.25, 0.3) is 0 Å². The molecule has 19 heavy (non-hydrogen) atoms. The van der Waals surface area contributed by atoms with Gasteiger partial charge < -0.3 is 20.1 Å². The van der Waals surface area contributed by atoms with E-state index in [1.807, 2.05) is 0 Å². The van der Waals surface area contributed by atoms with Crippen LogP contribution in [-0.4, -0.2) is 33.8 Å². The maximum absolute atomic E-state index is 11.5. The first-order valence-electron chi connectivity index (χ1n) is 5.67. The quantitative estimate of drug-likeness (QED) is 0.554. The van der Waals surface area contributed by atoms with Gasteiger partial charge in [0.15, 0.2) is 0 Å². The van der Waals surface area contributed by atoms with E-state index >= 15 is 0 Å². The fourth-order valence-corrected chi connectivity index (χ4v) is 1.49. The van der Waals surface area contributed by atoms with Crippen molar-refractivity contribution in [3.05, 3.63) is 22.8 Å². The molecule has 6 nitrogen and oxygen atoms in total. The summed E-state index contributed by atoms with van der Waals surface area (Å²) >= 11 is 5.67. The van der Waals surface area contributed by atoms with E-state index in [4.69, 9.17) is 16.3 Å². The van der Waals surface area contributed by atoms with Crippen LogP contribution in [0.3, 0.4) is 0 Å². The zero-order chi connectivity index (χ0) is 14.6. The molecule has 1 heterocycles. The molecule has 0 unspecified atom stereocenters. The lowest BCUT2D eigenvalue weighted by Crippen LogP contribution is -2.39. The van der Waals surface area contributed by atoms with Gasteiger partial charge in [-0.15, -0.1) is 0 Å². The molecular formula is C11H16BClN2O4. The summed E-state index contributed by atoms with van der Waals surface area (Å²) in [4.78, 5) is 15.3. The van der Waals surface area contributed by atoms with Gasteiger partial charge in [0.2, 0.25) is 0 Å². The number of amides is 1. The molecule has 0 atom stereocenters. The molecule has 0 aliphatic heterocycles. The monoisotopic (exact) mass is 286 g/mol. The second kappa shape index (κ2) is 6.23. The summed E-state index contributed by atoms with van der Waals surface area (Å²) in [6.45, 7) is 5.31. The van der Waals surface area contributed by atoms with Gasteiger partial charge in [-0.3, -0.25) is 0 Å². The zero-order valence-electron chi connectivity index (χ0n) is 11.0. The van der Waals surface area contributed by atoms with Gasteiger partial charge in [-0.25, -0.2) is 9.78 Å². The molecule has 0 saturated heterocycles. The van der Waals surface area contributed by atoms with Crippen molar-refractivity contribution in [2.24, 2.45) is 0 Å². The standard InChI is InChI=1S/C11H16BClN2O4/c1-11(2,3)19-10(16)14-6-7-4-5-8(13)15-9(7)12(17)18/h4-5,17-18H,6H2,1-3H3,(H,14,16). The third-order valence-corrected chi connectivity index (χ3v) is 2.26. The van der Waals surface area contributed by atoms with E-state index in [9.17, 15) is 14.8 Å². The normalized spacial score (nSPS) is 11.1. The molecule has 3 N–H and O–H groups in total. The SMILES string of the molecule is CC(C)(C)OC(=O)NCc1ccc(Cl)nc1B(O)O. The van der Waals surface area contributed by atoms with Crippen molar-refractivity contribution in [2.75, 3.05) is 0 Å². The Kier molecular flexibility index (Phi) is 5.16. The number of hydrogen-bond acceptors (Lipinski definition) is 5. The fraction of sp³-hybridized carbons (Fsp3) is 0.455. The van der Waals surface area contributed by atoms with E-state index in [1.165, 1.54) is 6.07 Å². The van der Waals surface area contributed by atoms with Crippen LogP contribution in [0.15, 0.2) is 12.1 Å². The first-order valence-corrected chi connectivity index (χ1v) is 6.05. The molecule has 1 amide bonds. The summed E-state index contributed by atoms with van der Waals surface area (Å²) in [5.74, 6) is 0. The average Bonchev–Trinajstić information content (AvgIpc) is 2.24. The highest BCUT2D eigenvalue weighted by Crippen LogP contribution is 2.07. The number of alkyl carbamates (subject to hydrolysis) is 1. The van der Waals surface area contributed by atoms with Gasteiger partial charge in [0.05, 0.1) is 5.59 Å². The smallest absolute Gasteiger partial charge is 0.444 e. The van der Waals surface area contributed by atoms with E-state index in [0.717, 1.165) is 0 Å². The number of ether oxygens (including phenoxy) is 1. The van der Waals surface area contributed by atoms with Crippen LogP contribution in [0.25, 0.3) is 0 Å². The molecule has 0 saturated carbocycles. The van der Waals surface area contributed by atoms with E-state index in [2.05, 4.69) is 10.3 Å². The Bertz CT molecular complexity index is 462. The highest BCUT2D eigenvalue weighted by molar-refractivity contribution is 6.58. The van der Waals surface area contributed by atoms with Gasteiger partial charge in [-0.05, 0) is 32.4 Å². The van der Waals surface area contributed by atoms with Crippen LogP contribution >= 0.6 is 11.6 Å². The van der Waals surface area contributed by atoms with Gasteiger partial charge in [-0.2, -0.15) is 0 Å². The minimum atomic E-state index is -1.76. The summed E-state index contributed by atoms with van der Waals surface area (Å²) in [6.07, 6.45) is -0.596. The fourth-order valence-electron chi connectivity index (χ4n) is 1.33. The molecule has 1 aromatic rings. The van der Waals surface area contributed by atoms with Crippen molar-refractivity contribution in [3.8, 4) is 0 Å². The van der Waals surface area contributed by atoms with Gasteiger partial charge in [0, 0.05) is 6.54 Å². The topological polar surface area (TPSA) is 91.7 Å². The van der Waals surface area contributed by atoms with Crippen LogP contribution in [0, 0.1) is 0 Å². The van der Waals surface area contributed by atoms with E-state index in [-0.39, 0.29) is 17.3 Å². The van der Waals surface area contributed by atoms with Crippen LogP contribution in [0.2, 0.25) is 5.15 Å².